The Morgan fingerprint density at radius 1 is 1.06 bits per heavy atom. The number of halogens is 2. The molecule has 9 heteroatoms. The highest BCUT2D eigenvalue weighted by Crippen LogP contribution is 2.28. The number of fused-ring (bicyclic) bond motifs is 1. The van der Waals surface area contributed by atoms with Crippen LogP contribution in [0.3, 0.4) is 0 Å². The van der Waals surface area contributed by atoms with Crippen LogP contribution in [0.15, 0.2) is 76.5 Å². The highest BCUT2D eigenvalue weighted by atomic mass is 79.9. The van der Waals surface area contributed by atoms with Crippen LogP contribution in [0.25, 0.3) is 0 Å². The quantitative estimate of drug-likeness (QED) is 0.555. The first-order chi connectivity index (χ1) is 14.9. The summed E-state index contributed by atoms with van der Waals surface area (Å²) in [7, 11) is 1.59. The molecule has 1 aliphatic rings. The molecule has 0 spiro atoms. The Morgan fingerprint density at radius 3 is 2.48 bits per heavy atom. The van der Waals surface area contributed by atoms with E-state index < -0.39 is 23.9 Å². The summed E-state index contributed by atoms with van der Waals surface area (Å²) in [6, 6.07) is 15.9. The molecule has 0 fully saturated rings. The number of para-hydroxylation sites is 1. The highest BCUT2D eigenvalue weighted by molar-refractivity contribution is 9.10. The molecule has 0 saturated carbocycles. The van der Waals surface area contributed by atoms with Crippen LogP contribution < -0.4 is 15.5 Å². The van der Waals surface area contributed by atoms with Crippen LogP contribution in [0.5, 0.6) is 0 Å². The number of benzodiazepines with no additional fused rings is 1. The first-order valence-electron chi connectivity index (χ1n) is 9.33. The zero-order chi connectivity index (χ0) is 22.0. The lowest BCUT2D eigenvalue weighted by atomic mass is 10.00. The number of likely N-dealkylation sites (N-methyl/N-ethyl adjacent to an activating group) is 1. The van der Waals surface area contributed by atoms with Crippen molar-refractivity contribution < 1.29 is 14.0 Å². The second-order valence-electron chi connectivity index (χ2n) is 6.74. The van der Waals surface area contributed by atoms with E-state index in [1.807, 2.05) is 0 Å². The fraction of sp³-hybridized carbons (Fsp3) is 0.0909. The number of pyridine rings is 1. The van der Waals surface area contributed by atoms with Crippen LogP contribution in [0.2, 0.25) is 0 Å². The fourth-order valence-electron chi connectivity index (χ4n) is 3.23. The van der Waals surface area contributed by atoms with Gasteiger partial charge in [-0.25, -0.2) is 19.2 Å². The van der Waals surface area contributed by atoms with Gasteiger partial charge in [-0.3, -0.25) is 4.79 Å². The summed E-state index contributed by atoms with van der Waals surface area (Å²) < 4.78 is 15.2. The summed E-state index contributed by atoms with van der Waals surface area (Å²) in [6.07, 6.45) is 0.213. The van der Waals surface area contributed by atoms with Crippen molar-refractivity contribution in [2.24, 2.45) is 4.99 Å². The third-order valence-corrected chi connectivity index (χ3v) is 5.19. The van der Waals surface area contributed by atoms with E-state index in [0.717, 1.165) is 0 Å². The molecule has 2 aromatic carbocycles. The molecule has 1 atom stereocenters. The van der Waals surface area contributed by atoms with E-state index in [0.29, 0.717) is 21.5 Å². The van der Waals surface area contributed by atoms with Gasteiger partial charge in [0.25, 0.3) is 5.91 Å². The van der Waals surface area contributed by atoms with Crippen molar-refractivity contribution in [1.29, 1.82) is 0 Å². The second-order valence-corrected chi connectivity index (χ2v) is 7.56. The minimum Gasteiger partial charge on any atom is -0.311 e. The van der Waals surface area contributed by atoms with E-state index in [4.69, 9.17) is 0 Å². The van der Waals surface area contributed by atoms with Gasteiger partial charge in [-0.1, -0.05) is 30.3 Å². The molecule has 3 amide bonds. The predicted octanol–water partition coefficient (Wildman–Crippen LogP) is 3.94. The second kappa shape index (κ2) is 8.65. The van der Waals surface area contributed by atoms with Gasteiger partial charge in [0.05, 0.1) is 23.3 Å². The zero-order valence-electron chi connectivity index (χ0n) is 16.3. The van der Waals surface area contributed by atoms with Gasteiger partial charge in [0, 0.05) is 18.2 Å². The molecule has 0 bridgehead atoms. The van der Waals surface area contributed by atoms with Crippen molar-refractivity contribution in [1.82, 2.24) is 10.3 Å². The SMILES string of the molecule is CN1C(=O)C(NC(=O)Nc2ccc(Br)nc2)N=C(c2ccccc2F)c2ccccc21. The van der Waals surface area contributed by atoms with Crippen LogP contribution in [0.1, 0.15) is 11.1 Å². The molecule has 0 radical (unpaired) electrons. The number of hydrogen-bond acceptors (Lipinski definition) is 4. The molecular weight excluding hydrogens is 465 g/mol. The zero-order valence-corrected chi connectivity index (χ0v) is 17.9. The lowest BCUT2D eigenvalue weighted by molar-refractivity contribution is -0.119. The van der Waals surface area contributed by atoms with Crippen molar-refractivity contribution >= 4 is 45.0 Å². The molecule has 2 N–H and O–H groups in total. The summed E-state index contributed by atoms with van der Waals surface area (Å²) in [6.45, 7) is 0. The maximum absolute atomic E-state index is 14.6. The lowest BCUT2D eigenvalue weighted by Gasteiger charge is -2.21. The van der Waals surface area contributed by atoms with Crippen LogP contribution in [0.4, 0.5) is 20.6 Å². The van der Waals surface area contributed by atoms with Gasteiger partial charge in [0.1, 0.15) is 10.4 Å². The van der Waals surface area contributed by atoms with E-state index in [1.54, 1.807) is 61.6 Å². The normalized spacial score (nSPS) is 15.6. The van der Waals surface area contributed by atoms with Crippen LogP contribution in [-0.4, -0.2) is 35.8 Å². The van der Waals surface area contributed by atoms with Gasteiger partial charge in [0.15, 0.2) is 0 Å². The molecule has 1 aliphatic heterocycles. The molecular formula is C22H17BrFN5O2. The minimum atomic E-state index is -1.25. The molecule has 0 saturated heterocycles. The molecule has 2 heterocycles. The van der Waals surface area contributed by atoms with Crippen molar-refractivity contribution in [2.45, 2.75) is 6.17 Å². The van der Waals surface area contributed by atoms with Gasteiger partial charge in [0.2, 0.25) is 6.17 Å². The highest BCUT2D eigenvalue weighted by Gasteiger charge is 2.31. The predicted molar refractivity (Wildman–Crippen MR) is 120 cm³/mol. The topological polar surface area (TPSA) is 86.7 Å². The number of amides is 3. The lowest BCUT2D eigenvalue weighted by Crippen LogP contribution is -2.47. The number of aliphatic imine (C=N–C) groups is 1. The maximum atomic E-state index is 14.6. The largest absolute Gasteiger partial charge is 0.321 e. The van der Waals surface area contributed by atoms with Gasteiger partial charge >= 0.3 is 6.03 Å². The number of anilines is 2. The van der Waals surface area contributed by atoms with Crippen LogP contribution in [0, 0.1) is 5.82 Å². The van der Waals surface area contributed by atoms with E-state index in [-0.39, 0.29) is 11.3 Å². The smallest absolute Gasteiger partial charge is 0.311 e. The third-order valence-electron chi connectivity index (χ3n) is 4.73. The van der Waals surface area contributed by atoms with Crippen LogP contribution in [-0.2, 0) is 4.79 Å². The fourth-order valence-corrected chi connectivity index (χ4v) is 3.46. The number of rotatable bonds is 3. The summed E-state index contributed by atoms with van der Waals surface area (Å²) >= 11 is 3.23. The molecule has 0 aliphatic carbocycles. The molecule has 4 rings (SSSR count). The van der Waals surface area contributed by atoms with Crippen molar-refractivity contribution in [3.05, 3.63) is 88.4 Å². The van der Waals surface area contributed by atoms with Crippen molar-refractivity contribution in [3.8, 4) is 0 Å². The van der Waals surface area contributed by atoms with Crippen molar-refractivity contribution in [2.75, 3.05) is 17.3 Å². The van der Waals surface area contributed by atoms with E-state index in [9.17, 15) is 14.0 Å². The van der Waals surface area contributed by atoms with E-state index in [2.05, 4.69) is 36.5 Å². The van der Waals surface area contributed by atoms with E-state index in [1.165, 1.54) is 17.2 Å². The Bertz CT molecular complexity index is 1180. The number of aromatic nitrogens is 1. The number of hydrogen-bond donors (Lipinski definition) is 2. The average Bonchev–Trinajstić information content (AvgIpc) is 2.87. The van der Waals surface area contributed by atoms with Crippen molar-refractivity contribution in [3.63, 3.8) is 0 Å². The molecule has 31 heavy (non-hydrogen) atoms. The number of urea groups is 1. The summed E-state index contributed by atoms with van der Waals surface area (Å²) in [5.74, 6) is -0.930. The van der Waals surface area contributed by atoms with Gasteiger partial charge in [-0.15, -0.1) is 0 Å². The molecule has 3 aromatic rings. The molecule has 156 valence electrons. The molecule has 1 unspecified atom stereocenters. The maximum Gasteiger partial charge on any atom is 0.321 e. The number of carbonyl (C=O) groups is 2. The Balaban J connectivity index is 1.71. The number of nitrogens with one attached hydrogen (secondary N) is 2. The van der Waals surface area contributed by atoms with Gasteiger partial charge in [-0.2, -0.15) is 0 Å². The Morgan fingerprint density at radius 2 is 1.77 bits per heavy atom. The molecule has 1 aromatic heterocycles. The Hall–Kier alpha value is -3.59. The van der Waals surface area contributed by atoms with Gasteiger partial charge < -0.3 is 15.5 Å². The number of nitrogens with zero attached hydrogens (tertiary/aromatic N) is 3. The van der Waals surface area contributed by atoms with Crippen LogP contribution >= 0.6 is 15.9 Å². The van der Waals surface area contributed by atoms with E-state index >= 15 is 0 Å². The van der Waals surface area contributed by atoms with Gasteiger partial charge in [-0.05, 0) is 46.3 Å². The summed E-state index contributed by atoms with van der Waals surface area (Å²) in [4.78, 5) is 35.5. The minimum absolute atomic E-state index is 0.238. The standard InChI is InChI=1S/C22H17BrFN5O2/c1-29-17-9-5-3-7-15(17)19(14-6-2-4-8-16(14)24)27-20(21(29)30)28-22(31)26-13-10-11-18(23)25-12-13/h2-12,20H,1H3,(H2,26,28,31). The molecule has 7 nitrogen and oxygen atoms in total. The Labute approximate surface area is 186 Å². The first kappa shape index (κ1) is 20.7. The summed E-state index contributed by atoms with van der Waals surface area (Å²) in [5.41, 5.74) is 2.11. The Kier molecular flexibility index (Phi) is 5.77. The third kappa shape index (κ3) is 4.31. The first-order valence-corrected chi connectivity index (χ1v) is 10.1. The monoisotopic (exact) mass is 481 g/mol. The number of benzene rings is 2. The summed E-state index contributed by atoms with van der Waals surface area (Å²) in [5, 5.41) is 5.18. The number of carbonyl (C=O) groups excluding carboxylic acids is 2. The average molecular weight is 482 g/mol.